The van der Waals surface area contributed by atoms with E-state index in [9.17, 15) is 24.5 Å². The van der Waals surface area contributed by atoms with E-state index < -0.39 is 28.8 Å². The van der Waals surface area contributed by atoms with Crippen molar-refractivity contribution in [3.8, 4) is 0 Å². The zero-order chi connectivity index (χ0) is 29.2. The molecule has 0 aromatic heterocycles. The minimum Gasteiger partial charge on any atom is -0.457 e. The Labute approximate surface area is 235 Å². The minimum atomic E-state index is -1.02. The standard InChI is InChI=1S/C31H27N3O7/c32-28(15-21-11-13-27(14-12-21)34(38)39)29(35)33-26-17-24(30(36)40-19-22-7-3-1-4-8-22)16-25(18-26)31(37)41-20-23-9-5-2-6-10-23/h1-14,16-18,28H,15,19-20,32H2,(H,33,35)/t28-/m0/s1. The zero-order valence-corrected chi connectivity index (χ0v) is 21.9. The third-order valence-electron chi connectivity index (χ3n) is 6.04. The molecule has 4 aromatic rings. The van der Waals surface area contributed by atoms with Crippen LogP contribution in [-0.2, 0) is 33.9 Å². The number of esters is 2. The van der Waals surface area contributed by atoms with Crippen LogP contribution in [0.15, 0.2) is 103 Å². The number of nitro benzene ring substituents is 1. The lowest BCUT2D eigenvalue weighted by molar-refractivity contribution is -0.384. The molecule has 208 valence electrons. The van der Waals surface area contributed by atoms with E-state index in [0.717, 1.165) is 11.1 Å². The number of hydrogen-bond donors (Lipinski definition) is 2. The highest BCUT2D eigenvalue weighted by Gasteiger charge is 2.19. The van der Waals surface area contributed by atoms with Crippen molar-refractivity contribution in [3.63, 3.8) is 0 Å². The van der Waals surface area contributed by atoms with Gasteiger partial charge in [0.05, 0.1) is 22.1 Å². The quantitative estimate of drug-likeness (QED) is 0.152. The van der Waals surface area contributed by atoms with Crippen LogP contribution in [0.4, 0.5) is 11.4 Å². The van der Waals surface area contributed by atoms with E-state index in [1.807, 2.05) is 60.7 Å². The lowest BCUT2D eigenvalue weighted by Crippen LogP contribution is -2.37. The Bertz CT molecular complexity index is 1450. The molecule has 0 aliphatic heterocycles. The molecule has 3 N–H and O–H groups in total. The van der Waals surface area contributed by atoms with Crippen LogP contribution in [0.2, 0.25) is 0 Å². The normalized spacial score (nSPS) is 11.2. The van der Waals surface area contributed by atoms with Gasteiger partial charge in [-0.15, -0.1) is 0 Å². The van der Waals surface area contributed by atoms with Crippen molar-refractivity contribution in [2.45, 2.75) is 25.7 Å². The first-order chi connectivity index (χ1) is 19.8. The Morgan fingerprint density at radius 1 is 0.732 bits per heavy atom. The highest BCUT2D eigenvalue weighted by atomic mass is 16.6. The molecule has 1 atom stereocenters. The SMILES string of the molecule is N[C@@H](Cc1ccc([N+](=O)[O-])cc1)C(=O)Nc1cc(C(=O)OCc2ccccc2)cc(C(=O)OCc2ccccc2)c1. The van der Waals surface area contributed by atoms with Crippen molar-refractivity contribution < 1.29 is 28.8 Å². The number of amides is 1. The van der Waals surface area contributed by atoms with E-state index in [1.54, 1.807) is 0 Å². The second kappa shape index (κ2) is 13.6. The number of carbonyl (C=O) groups excluding carboxylic acids is 3. The second-order valence-electron chi connectivity index (χ2n) is 9.15. The fourth-order valence-corrected chi connectivity index (χ4v) is 3.88. The van der Waals surface area contributed by atoms with Gasteiger partial charge < -0.3 is 20.5 Å². The van der Waals surface area contributed by atoms with Gasteiger partial charge in [0.25, 0.3) is 5.69 Å². The summed E-state index contributed by atoms with van der Waals surface area (Å²) in [4.78, 5) is 49.1. The van der Waals surface area contributed by atoms with E-state index in [2.05, 4.69) is 5.32 Å². The lowest BCUT2D eigenvalue weighted by atomic mass is 10.0. The summed E-state index contributed by atoms with van der Waals surface area (Å²) in [5.41, 5.74) is 8.42. The molecule has 10 nitrogen and oxygen atoms in total. The maximum atomic E-state index is 12.9. The molecule has 1 amide bonds. The molecule has 0 aliphatic carbocycles. The number of nitrogens with zero attached hydrogens (tertiary/aromatic N) is 1. The number of non-ortho nitro benzene ring substituents is 1. The highest BCUT2D eigenvalue weighted by Crippen LogP contribution is 2.20. The number of carbonyl (C=O) groups is 3. The molecule has 0 bridgehead atoms. The summed E-state index contributed by atoms with van der Waals surface area (Å²) in [6.07, 6.45) is 0.106. The first kappa shape index (κ1) is 28.7. The van der Waals surface area contributed by atoms with Gasteiger partial charge in [-0.05, 0) is 41.3 Å². The van der Waals surface area contributed by atoms with Crippen LogP contribution < -0.4 is 11.1 Å². The van der Waals surface area contributed by atoms with Gasteiger partial charge in [-0.2, -0.15) is 0 Å². The summed E-state index contributed by atoms with van der Waals surface area (Å²) in [5.74, 6) is -1.98. The van der Waals surface area contributed by atoms with Gasteiger partial charge in [0.1, 0.15) is 13.2 Å². The van der Waals surface area contributed by atoms with Gasteiger partial charge in [-0.3, -0.25) is 14.9 Å². The van der Waals surface area contributed by atoms with Crippen LogP contribution in [-0.4, -0.2) is 28.8 Å². The molecule has 0 fully saturated rings. The molecule has 41 heavy (non-hydrogen) atoms. The first-order valence-corrected chi connectivity index (χ1v) is 12.7. The molecule has 10 heteroatoms. The van der Waals surface area contributed by atoms with Gasteiger partial charge in [-0.1, -0.05) is 72.8 Å². The Hall–Kier alpha value is -5.35. The van der Waals surface area contributed by atoms with E-state index in [4.69, 9.17) is 15.2 Å². The van der Waals surface area contributed by atoms with Crippen molar-refractivity contribution in [3.05, 3.63) is 141 Å². The van der Waals surface area contributed by atoms with E-state index >= 15 is 0 Å². The fraction of sp³-hybridized carbons (Fsp3) is 0.129. The van der Waals surface area contributed by atoms with Crippen LogP contribution in [0.3, 0.4) is 0 Å². The largest absolute Gasteiger partial charge is 0.457 e. The maximum Gasteiger partial charge on any atom is 0.338 e. The summed E-state index contributed by atoms with van der Waals surface area (Å²) in [7, 11) is 0. The number of nitrogens with two attached hydrogens (primary N) is 1. The Balaban J connectivity index is 1.50. The number of ether oxygens (including phenoxy) is 2. The molecular formula is C31H27N3O7. The molecule has 0 saturated heterocycles. The third kappa shape index (κ3) is 8.32. The van der Waals surface area contributed by atoms with Gasteiger partial charge in [-0.25, -0.2) is 9.59 Å². The molecule has 0 saturated carbocycles. The average Bonchev–Trinajstić information content (AvgIpc) is 2.99. The van der Waals surface area contributed by atoms with Crippen molar-refractivity contribution in [1.29, 1.82) is 0 Å². The van der Waals surface area contributed by atoms with Gasteiger partial charge in [0.15, 0.2) is 0 Å². The van der Waals surface area contributed by atoms with Gasteiger partial charge in [0.2, 0.25) is 5.91 Å². The van der Waals surface area contributed by atoms with Crippen LogP contribution >= 0.6 is 0 Å². The Morgan fingerprint density at radius 3 is 1.68 bits per heavy atom. The topological polar surface area (TPSA) is 151 Å². The van der Waals surface area contributed by atoms with Crippen LogP contribution in [0.25, 0.3) is 0 Å². The number of anilines is 1. The van der Waals surface area contributed by atoms with E-state index in [0.29, 0.717) is 5.56 Å². The molecule has 0 aliphatic rings. The monoisotopic (exact) mass is 553 g/mol. The first-order valence-electron chi connectivity index (χ1n) is 12.7. The second-order valence-corrected chi connectivity index (χ2v) is 9.15. The van der Waals surface area contributed by atoms with Crippen molar-refractivity contribution in [2.75, 3.05) is 5.32 Å². The van der Waals surface area contributed by atoms with Crippen molar-refractivity contribution >= 4 is 29.2 Å². The smallest absolute Gasteiger partial charge is 0.338 e. The molecule has 0 unspecified atom stereocenters. The van der Waals surface area contributed by atoms with Crippen LogP contribution in [0.1, 0.15) is 37.4 Å². The number of nitro groups is 1. The minimum absolute atomic E-state index is 0.0180. The lowest BCUT2D eigenvalue weighted by Gasteiger charge is -2.14. The van der Waals surface area contributed by atoms with E-state index in [1.165, 1.54) is 42.5 Å². The molecule has 4 rings (SSSR count). The van der Waals surface area contributed by atoms with Crippen LogP contribution in [0.5, 0.6) is 0 Å². The summed E-state index contributed by atoms with van der Waals surface area (Å²) in [5, 5.41) is 13.5. The highest BCUT2D eigenvalue weighted by molar-refractivity contribution is 6.00. The van der Waals surface area contributed by atoms with Crippen molar-refractivity contribution in [1.82, 2.24) is 0 Å². The average molecular weight is 554 g/mol. The maximum absolute atomic E-state index is 12.9. The Morgan fingerprint density at radius 2 is 1.22 bits per heavy atom. The van der Waals surface area contributed by atoms with Gasteiger partial charge >= 0.3 is 11.9 Å². The molecule has 0 radical (unpaired) electrons. The predicted molar refractivity (Wildman–Crippen MR) is 151 cm³/mol. The molecule has 0 spiro atoms. The van der Waals surface area contributed by atoms with Crippen LogP contribution in [0, 0.1) is 10.1 Å². The fourth-order valence-electron chi connectivity index (χ4n) is 3.88. The van der Waals surface area contributed by atoms with Gasteiger partial charge in [0, 0.05) is 17.8 Å². The predicted octanol–water partition coefficient (Wildman–Crippen LogP) is 4.82. The summed E-state index contributed by atoms with van der Waals surface area (Å²) in [6.45, 7) is 0.0360. The zero-order valence-electron chi connectivity index (χ0n) is 21.9. The van der Waals surface area contributed by atoms with E-state index in [-0.39, 0.29) is 42.1 Å². The molecule has 0 heterocycles. The molecular weight excluding hydrogens is 526 g/mol. The summed E-state index contributed by atoms with van der Waals surface area (Å²) < 4.78 is 10.8. The Kier molecular flexibility index (Phi) is 9.53. The number of hydrogen-bond acceptors (Lipinski definition) is 8. The summed E-state index contributed by atoms with van der Waals surface area (Å²) in [6, 6.07) is 27.0. The molecule has 4 aromatic carbocycles. The third-order valence-corrected chi connectivity index (χ3v) is 6.04. The van der Waals surface area contributed by atoms with Crippen molar-refractivity contribution in [2.24, 2.45) is 5.73 Å². The number of nitrogens with one attached hydrogen (secondary N) is 1. The summed E-state index contributed by atoms with van der Waals surface area (Å²) >= 11 is 0. The number of rotatable bonds is 11. The number of benzene rings is 4.